The summed E-state index contributed by atoms with van der Waals surface area (Å²) in [5.74, 6) is -0.472. The summed E-state index contributed by atoms with van der Waals surface area (Å²) in [4.78, 5) is 35.4. The summed E-state index contributed by atoms with van der Waals surface area (Å²) in [6, 6.07) is 6.34. The van der Waals surface area contributed by atoms with Gasteiger partial charge in [0.15, 0.2) is 12.4 Å². The first-order valence-electron chi connectivity index (χ1n) is 9.49. The number of esters is 2. The summed E-state index contributed by atoms with van der Waals surface area (Å²) < 4.78 is 10.1. The number of hydrogen-bond donors (Lipinski definition) is 1. The quantitative estimate of drug-likeness (QED) is 0.516. The molecule has 2 N–H and O–H groups in total. The standard InChI is InChI=1S/C21H21N3O4S/c1-27-20(25)12-7-5-6-8-13(12)21(26)28-11-16-23-18(22)17-14-9-3-2-4-10-15(14)29-19(17)24-16/h5-8H,2-4,9-11H2,1H3,(H2,22,23,24). The van der Waals surface area contributed by atoms with Crippen LogP contribution >= 0.6 is 11.3 Å². The lowest BCUT2D eigenvalue weighted by Gasteiger charge is -2.08. The van der Waals surface area contributed by atoms with Crippen LogP contribution in [0.15, 0.2) is 24.3 Å². The third kappa shape index (κ3) is 3.80. The number of methoxy groups -OCH3 is 1. The SMILES string of the molecule is COC(=O)c1ccccc1C(=O)OCc1nc(N)c2c3c(sc2n1)CCCCC3. The zero-order chi connectivity index (χ0) is 20.4. The maximum atomic E-state index is 12.5. The minimum absolute atomic E-state index is 0.128. The minimum atomic E-state index is -0.643. The van der Waals surface area contributed by atoms with Crippen molar-refractivity contribution >= 4 is 39.3 Å². The van der Waals surface area contributed by atoms with Gasteiger partial charge in [0.25, 0.3) is 0 Å². The van der Waals surface area contributed by atoms with E-state index in [-0.39, 0.29) is 17.7 Å². The molecule has 0 atom stereocenters. The van der Waals surface area contributed by atoms with Gasteiger partial charge in [0.2, 0.25) is 0 Å². The molecule has 0 fully saturated rings. The molecular weight excluding hydrogens is 390 g/mol. The van der Waals surface area contributed by atoms with E-state index in [0.717, 1.165) is 29.5 Å². The Labute approximate surface area is 171 Å². The van der Waals surface area contributed by atoms with Gasteiger partial charge in [0.1, 0.15) is 10.6 Å². The Morgan fingerprint density at radius 3 is 2.55 bits per heavy atom. The summed E-state index contributed by atoms with van der Waals surface area (Å²) in [6.45, 7) is -0.128. The van der Waals surface area contributed by atoms with Gasteiger partial charge in [-0.1, -0.05) is 18.6 Å². The first kappa shape index (κ1) is 19.3. The zero-order valence-electron chi connectivity index (χ0n) is 16.1. The highest BCUT2D eigenvalue weighted by Gasteiger charge is 2.21. The summed E-state index contributed by atoms with van der Waals surface area (Å²) in [7, 11) is 1.26. The molecule has 0 aliphatic heterocycles. The number of rotatable bonds is 4. The van der Waals surface area contributed by atoms with Crippen LogP contribution in [-0.2, 0) is 28.9 Å². The summed E-state index contributed by atoms with van der Waals surface area (Å²) in [6.07, 6.45) is 5.60. The highest BCUT2D eigenvalue weighted by atomic mass is 32.1. The molecule has 0 bridgehead atoms. The molecule has 1 aliphatic rings. The Morgan fingerprint density at radius 1 is 1.07 bits per heavy atom. The zero-order valence-corrected chi connectivity index (χ0v) is 16.9. The monoisotopic (exact) mass is 411 g/mol. The Morgan fingerprint density at radius 2 is 1.79 bits per heavy atom. The number of thiophene rings is 1. The largest absolute Gasteiger partial charge is 0.465 e. The average molecular weight is 411 g/mol. The Hall–Kier alpha value is -3.00. The second kappa shape index (κ2) is 8.16. The van der Waals surface area contributed by atoms with Gasteiger partial charge >= 0.3 is 11.9 Å². The van der Waals surface area contributed by atoms with Crippen LogP contribution in [0.1, 0.15) is 56.2 Å². The van der Waals surface area contributed by atoms with E-state index in [2.05, 4.69) is 9.97 Å². The van der Waals surface area contributed by atoms with E-state index in [1.54, 1.807) is 23.5 Å². The number of fused-ring (bicyclic) bond motifs is 3. The molecular formula is C21H21N3O4S. The first-order chi connectivity index (χ1) is 14.1. The molecule has 8 heteroatoms. The van der Waals surface area contributed by atoms with Crippen molar-refractivity contribution in [1.29, 1.82) is 0 Å². The van der Waals surface area contributed by atoms with Crippen LogP contribution in [0.5, 0.6) is 0 Å². The molecule has 150 valence electrons. The van der Waals surface area contributed by atoms with E-state index in [9.17, 15) is 9.59 Å². The molecule has 1 aromatic carbocycles. The van der Waals surface area contributed by atoms with Gasteiger partial charge in [0.05, 0.1) is 23.6 Å². The molecule has 4 rings (SSSR count). The number of carbonyl (C=O) groups is 2. The molecule has 2 heterocycles. The molecule has 0 radical (unpaired) electrons. The number of carbonyl (C=O) groups excluding carboxylic acids is 2. The number of aryl methyl sites for hydroxylation is 2. The fourth-order valence-electron chi connectivity index (χ4n) is 3.63. The molecule has 0 unspecified atom stereocenters. The number of anilines is 1. The van der Waals surface area contributed by atoms with Crippen molar-refractivity contribution in [2.75, 3.05) is 12.8 Å². The van der Waals surface area contributed by atoms with Crippen LogP contribution in [-0.4, -0.2) is 29.0 Å². The van der Waals surface area contributed by atoms with Crippen LogP contribution in [0.3, 0.4) is 0 Å². The predicted molar refractivity (Wildman–Crippen MR) is 110 cm³/mol. The van der Waals surface area contributed by atoms with Gasteiger partial charge in [-0.15, -0.1) is 11.3 Å². The van der Waals surface area contributed by atoms with Crippen molar-refractivity contribution in [2.24, 2.45) is 0 Å². The van der Waals surface area contributed by atoms with Crippen molar-refractivity contribution in [2.45, 2.75) is 38.7 Å². The molecule has 2 aromatic heterocycles. The second-order valence-corrected chi connectivity index (χ2v) is 7.97. The van der Waals surface area contributed by atoms with E-state index in [1.165, 1.54) is 42.5 Å². The third-order valence-electron chi connectivity index (χ3n) is 5.02. The van der Waals surface area contributed by atoms with E-state index in [0.29, 0.717) is 11.6 Å². The van der Waals surface area contributed by atoms with Crippen LogP contribution in [0, 0.1) is 0 Å². The Kier molecular flexibility index (Phi) is 5.44. The maximum absolute atomic E-state index is 12.5. The molecule has 29 heavy (non-hydrogen) atoms. The predicted octanol–water partition coefficient (Wildman–Crippen LogP) is 3.69. The number of ether oxygens (including phenoxy) is 2. The fourth-order valence-corrected chi connectivity index (χ4v) is 4.92. The number of benzene rings is 1. The molecule has 0 spiro atoms. The lowest BCUT2D eigenvalue weighted by atomic mass is 10.1. The highest BCUT2D eigenvalue weighted by molar-refractivity contribution is 7.19. The molecule has 1 aliphatic carbocycles. The first-order valence-corrected chi connectivity index (χ1v) is 10.3. The van der Waals surface area contributed by atoms with E-state index in [4.69, 9.17) is 15.2 Å². The third-order valence-corrected chi connectivity index (χ3v) is 6.21. The number of aromatic nitrogens is 2. The molecule has 0 saturated carbocycles. The van der Waals surface area contributed by atoms with Crippen LogP contribution in [0.25, 0.3) is 10.2 Å². The number of hydrogen-bond acceptors (Lipinski definition) is 8. The van der Waals surface area contributed by atoms with Crippen LogP contribution < -0.4 is 5.73 Å². The highest BCUT2D eigenvalue weighted by Crippen LogP contribution is 2.37. The van der Waals surface area contributed by atoms with Gasteiger partial charge in [-0.05, 0) is 43.4 Å². The number of nitrogens with two attached hydrogens (primary N) is 1. The molecule has 0 saturated heterocycles. The molecule has 0 amide bonds. The topological polar surface area (TPSA) is 104 Å². The van der Waals surface area contributed by atoms with Gasteiger partial charge in [0, 0.05) is 4.88 Å². The van der Waals surface area contributed by atoms with Gasteiger partial charge in [-0.2, -0.15) is 0 Å². The number of nitrogen functional groups attached to an aromatic ring is 1. The van der Waals surface area contributed by atoms with E-state index < -0.39 is 11.9 Å². The Balaban J connectivity index is 1.56. The smallest absolute Gasteiger partial charge is 0.339 e. The van der Waals surface area contributed by atoms with E-state index in [1.807, 2.05) is 0 Å². The fraction of sp³-hybridized carbons (Fsp3) is 0.333. The van der Waals surface area contributed by atoms with Crippen LogP contribution in [0.4, 0.5) is 5.82 Å². The lowest BCUT2D eigenvalue weighted by Crippen LogP contribution is -2.13. The molecule has 3 aromatic rings. The van der Waals surface area contributed by atoms with Crippen molar-refractivity contribution in [3.63, 3.8) is 0 Å². The van der Waals surface area contributed by atoms with E-state index >= 15 is 0 Å². The lowest BCUT2D eigenvalue weighted by molar-refractivity contribution is 0.0448. The van der Waals surface area contributed by atoms with Crippen molar-refractivity contribution < 1.29 is 19.1 Å². The van der Waals surface area contributed by atoms with Crippen molar-refractivity contribution in [3.8, 4) is 0 Å². The Bertz CT molecular complexity index is 1090. The van der Waals surface area contributed by atoms with Crippen molar-refractivity contribution in [3.05, 3.63) is 51.7 Å². The van der Waals surface area contributed by atoms with Gasteiger partial charge in [-0.25, -0.2) is 19.6 Å². The summed E-state index contributed by atoms with van der Waals surface area (Å²) in [5, 5.41) is 0.943. The van der Waals surface area contributed by atoms with Crippen molar-refractivity contribution in [1.82, 2.24) is 9.97 Å². The summed E-state index contributed by atoms with van der Waals surface area (Å²) in [5.41, 5.74) is 7.79. The second-order valence-electron chi connectivity index (χ2n) is 6.88. The minimum Gasteiger partial charge on any atom is -0.465 e. The van der Waals surface area contributed by atoms with Crippen LogP contribution in [0.2, 0.25) is 0 Å². The van der Waals surface area contributed by atoms with Gasteiger partial charge in [-0.3, -0.25) is 0 Å². The summed E-state index contributed by atoms with van der Waals surface area (Å²) >= 11 is 1.65. The average Bonchev–Trinajstić information content (AvgIpc) is 2.93. The van der Waals surface area contributed by atoms with Gasteiger partial charge < -0.3 is 15.2 Å². The maximum Gasteiger partial charge on any atom is 0.339 e. The molecule has 7 nitrogen and oxygen atoms in total. The number of nitrogens with zero attached hydrogens (tertiary/aromatic N) is 2. The normalized spacial score (nSPS) is 13.6.